The third-order valence-electron chi connectivity index (χ3n) is 7.37. The van der Waals surface area contributed by atoms with Crippen molar-refractivity contribution in [2.24, 2.45) is 0 Å². The molecule has 0 aliphatic rings. The molecule has 2 aromatic heterocycles. The zero-order valence-electron chi connectivity index (χ0n) is 19.5. The number of fused-ring (bicyclic) bond motifs is 8. The van der Waals surface area contributed by atoms with E-state index in [0.717, 1.165) is 0 Å². The van der Waals surface area contributed by atoms with E-state index in [-0.39, 0.29) is 0 Å². The zero-order valence-corrected chi connectivity index (χ0v) is 20.3. The van der Waals surface area contributed by atoms with Crippen LogP contribution in [0.4, 0.5) is 0 Å². The maximum absolute atomic E-state index is 2.46. The molecule has 2 heteroatoms. The van der Waals surface area contributed by atoms with Crippen molar-refractivity contribution in [3.8, 4) is 16.8 Å². The predicted molar refractivity (Wildman–Crippen MR) is 157 cm³/mol. The van der Waals surface area contributed by atoms with Crippen LogP contribution in [-0.2, 0) is 0 Å². The van der Waals surface area contributed by atoms with Gasteiger partial charge in [-0.2, -0.15) is 0 Å². The van der Waals surface area contributed by atoms with Gasteiger partial charge in [0.05, 0.1) is 15.7 Å². The van der Waals surface area contributed by atoms with Crippen molar-refractivity contribution in [2.75, 3.05) is 0 Å². The van der Waals surface area contributed by atoms with Gasteiger partial charge >= 0.3 is 0 Å². The van der Waals surface area contributed by atoms with Crippen molar-refractivity contribution in [2.45, 2.75) is 0 Å². The zero-order chi connectivity index (χ0) is 23.6. The van der Waals surface area contributed by atoms with Crippen LogP contribution in [0.5, 0.6) is 0 Å². The summed E-state index contributed by atoms with van der Waals surface area (Å²) in [5.74, 6) is 0. The minimum absolute atomic E-state index is 1.19. The molecule has 0 fully saturated rings. The third-order valence-corrected chi connectivity index (χ3v) is 8.55. The highest BCUT2D eigenvalue weighted by molar-refractivity contribution is 7.26. The Kier molecular flexibility index (Phi) is 4.16. The summed E-state index contributed by atoms with van der Waals surface area (Å²) in [7, 11) is 0. The van der Waals surface area contributed by atoms with E-state index in [1.54, 1.807) is 0 Å². The Balaban J connectivity index is 1.46. The highest BCUT2D eigenvalue weighted by atomic mass is 32.1. The van der Waals surface area contributed by atoms with Gasteiger partial charge in [-0.25, -0.2) is 0 Å². The summed E-state index contributed by atoms with van der Waals surface area (Å²) < 4.78 is 5.14. The van der Waals surface area contributed by atoms with Crippen LogP contribution >= 0.6 is 11.3 Å². The molecular weight excluding hydrogens is 454 g/mol. The van der Waals surface area contributed by atoms with E-state index in [1.807, 2.05) is 11.3 Å². The van der Waals surface area contributed by atoms with Crippen molar-refractivity contribution >= 4 is 64.1 Å². The van der Waals surface area contributed by atoms with Gasteiger partial charge in [-0.05, 0) is 52.2 Å². The second-order valence-corrected chi connectivity index (χ2v) is 10.5. The molecule has 0 atom stereocenters. The second-order valence-electron chi connectivity index (χ2n) is 9.40. The van der Waals surface area contributed by atoms with Crippen LogP contribution in [0.25, 0.3) is 69.6 Å². The second kappa shape index (κ2) is 7.55. The van der Waals surface area contributed by atoms with Gasteiger partial charge in [0.1, 0.15) is 0 Å². The number of para-hydroxylation sites is 1. The van der Waals surface area contributed by atoms with Gasteiger partial charge in [0.15, 0.2) is 0 Å². The molecular formula is C34H21NS. The van der Waals surface area contributed by atoms with Crippen LogP contribution in [0, 0.1) is 0 Å². The topological polar surface area (TPSA) is 4.93 Å². The highest BCUT2D eigenvalue weighted by Gasteiger charge is 2.18. The van der Waals surface area contributed by atoms with Gasteiger partial charge in [0, 0.05) is 31.9 Å². The van der Waals surface area contributed by atoms with Crippen molar-refractivity contribution in [1.82, 2.24) is 4.57 Å². The Morgan fingerprint density at radius 2 is 1.14 bits per heavy atom. The maximum Gasteiger partial charge on any atom is 0.0719 e. The van der Waals surface area contributed by atoms with Crippen molar-refractivity contribution in [3.63, 3.8) is 0 Å². The number of thiophene rings is 1. The van der Waals surface area contributed by atoms with Crippen LogP contribution in [0.15, 0.2) is 127 Å². The quantitative estimate of drug-likeness (QED) is 0.234. The molecule has 0 saturated carbocycles. The van der Waals surface area contributed by atoms with E-state index in [0.29, 0.717) is 0 Å². The van der Waals surface area contributed by atoms with E-state index in [4.69, 9.17) is 0 Å². The molecule has 0 saturated heterocycles. The molecule has 6 aromatic carbocycles. The number of hydrogen-bond acceptors (Lipinski definition) is 1. The molecule has 0 amide bonds. The van der Waals surface area contributed by atoms with Gasteiger partial charge in [-0.1, -0.05) is 97.1 Å². The van der Waals surface area contributed by atoms with Crippen LogP contribution in [0.1, 0.15) is 0 Å². The fourth-order valence-corrected chi connectivity index (χ4v) is 6.94. The molecule has 2 heterocycles. The molecule has 0 unspecified atom stereocenters. The molecule has 0 aliphatic carbocycles. The standard InChI is InChI=1S/C34H21NS/c1-2-8-22(9-3-1)23-14-16-26(17-15-23)35-31-13-7-6-12-27(31)28-18-19-29-30-20-24-10-4-5-11-25(24)21-32(30)36-34(29)33(28)35/h1-21H. The van der Waals surface area contributed by atoms with Crippen molar-refractivity contribution < 1.29 is 0 Å². The number of nitrogens with zero attached hydrogens (tertiary/aromatic N) is 1. The lowest BCUT2D eigenvalue weighted by Gasteiger charge is -2.10. The number of rotatable bonds is 2. The van der Waals surface area contributed by atoms with Gasteiger partial charge < -0.3 is 4.57 Å². The lowest BCUT2D eigenvalue weighted by molar-refractivity contribution is 1.19. The van der Waals surface area contributed by atoms with Crippen molar-refractivity contribution in [3.05, 3.63) is 127 Å². The Bertz CT molecular complexity index is 2080. The molecule has 8 aromatic rings. The average Bonchev–Trinajstić information content (AvgIpc) is 3.48. The summed E-state index contributed by atoms with van der Waals surface area (Å²) in [6, 6.07) is 46.4. The molecule has 0 aliphatic heterocycles. The maximum atomic E-state index is 2.46. The van der Waals surface area contributed by atoms with Crippen LogP contribution in [0.3, 0.4) is 0 Å². The fourth-order valence-electron chi connectivity index (χ4n) is 5.67. The Morgan fingerprint density at radius 3 is 1.97 bits per heavy atom. The molecule has 0 bridgehead atoms. The first-order valence-electron chi connectivity index (χ1n) is 12.3. The summed E-state index contributed by atoms with van der Waals surface area (Å²) in [5, 5.41) is 7.86. The molecule has 1 nitrogen and oxygen atoms in total. The van der Waals surface area contributed by atoms with Crippen molar-refractivity contribution in [1.29, 1.82) is 0 Å². The number of aromatic nitrogens is 1. The molecule has 0 spiro atoms. The van der Waals surface area contributed by atoms with Crippen LogP contribution < -0.4 is 0 Å². The van der Waals surface area contributed by atoms with E-state index >= 15 is 0 Å². The van der Waals surface area contributed by atoms with E-state index in [9.17, 15) is 0 Å². The van der Waals surface area contributed by atoms with Crippen LogP contribution in [-0.4, -0.2) is 4.57 Å². The monoisotopic (exact) mass is 475 g/mol. The summed E-state index contributed by atoms with van der Waals surface area (Å²) in [6.07, 6.45) is 0. The molecule has 8 rings (SSSR count). The SMILES string of the molecule is c1ccc(-c2ccc(-n3c4ccccc4c4ccc5c6cc7ccccc7cc6sc5c43)cc2)cc1. The number of benzene rings is 6. The van der Waals surface area contributed by atoms with E-state index in [2.05, 4.69) is 132 Å². The summed E-state index contributed by atoms with van der Waals surface area (Å²) in [6.45, 7) is 0. The average molecular weight is 476 g/mol. The molecule has 36 heavy (non-hydrogen) atoms. The molecule has 168 valence electrons. The van der Waals surface area contributed by atoms with Gasteiger partial charge in [0.2, 0.25) is 0 Å². The lowest BCUT2D eigenvalue weighted by Crippen LogP contribution is -1.93. The Hall–Kier alpha value is -4.40. The van der Waals surface area contributed by atoms with Gasteiger partial charge in [-0.3, -0.25) is 0 Å². The first-order chi connectivity index (χ1) is 17.8. The lowest BCUT2D eigenvalue weighted by atomic mass is 10.0. The van der Waals surface area contributed by atoms with Gasteiger partial charge in [0.25, 0.3) is 0 Å². The Morgan fingerprint density at radius 1 is 0.472 bits per heavy atom. The summed E-state index contributed by atoms with van der Waals surface area (Å²) in [5.41, 5.74) is 6.21. The normalized spacial score (nSPS) is 11.9. The number of hydrogen-bond donors (Lipinski definition) is 0. The highest BCUT2D eigenvalue weighted by Crippen LogP contribution is 2.44. The fraction of sp³-hybridized carbons (Fsp3) is 0. The van der Waals surface area contributed by atoms with Gasteiger partial charge in [-0.15, -0.1) is 11.3 Å². The summed E-state index contributed by atoms with van der Waals surface area (Å²) in [4.78, 5) is 0. The molecule has 0 N–H and O–H groups in total. The predicted octanol–water partition coefficient (Wildman–Crippen LogP) is 9.97. The van der Waals surface area contributed by atoms with Crippen LogP contribution in [0.2, 0.25) is 0 Å². The largest absolute Gasteiger partial charge is 0.308 e. The minimum atomic E-state index is 1.19. The molecule has 0 radical (unpaired) electrons. The first-order valence-corrected chi connectivity index (χ1v) is 13.1. The smallest absolute Gasteiger partial charge is 0.0719 e. The van der Waals surface area contributed by atoms with E-state index < -0.39 is 0 Å². The first kappa shape index (κ1) is 19.9. The Labute approximate surface area is 212 Å². The third kappa shape index (κ3) is 2.82. The van der Waals surface area contributed by atoms with E-state index in [1.165, 1.54) is 69.6 Å². The summed E-state index contributed by atoms with van der Waals surface area (Å²) >= 11 is 1.91. The minimum Gasteiger partial charge on any atom is -0.308 e.